The first kappa shape index (κ1) is 13.3. The Morgan fingerprint density at radius 2 is 2.05 bits per heavy atom. The second-order valence-corrected chi connectivity index (χ2v) is 5.54. The second-order valence-electron chi connectivity index (χ2n) is 5.54. The lowest BCUT2D eigenvalue weighted by Gasteiger charge is -2.13. The van der Waals surface area contributed by atoms with Crippen molar-refractivity contribution in [1.29, 1.82) is 0 Å². The maximum Gasteiger partial charge on any atom is 0.0969 e. The maximum atomic E-state index is 9.03. The lowest BCUT2D eigenvalue weighted by molar-refractivity contribution is 0.245. The average molecular weight is 272 g/mol. The predicted octanol–water partition coefficient (Wildman–Crippen LogP) is 1.52. The summed E-state index contributed by atoms with van der Waals surface area (Å²) in [5.74, 6) is 0. The zero-order chi connectivity index (χ0) is 13.8. The monoisotopic (exact) mass is 272 g/mol. The number of benzene rings is 1. The van der Waals surface area contributed by atoms with Gasteiger partial charge in [0, 0.05) is 19.7 Å². The van der Waals surface area contributed by atoms with Crippen LogP contribution in [-0.4, -0.2) is 33.3 Å². The number of aromatic nitrogens is 3. The van der Waals surface area contributed by atoms with Gasteiger partial charge in [-0.3, -0.25) is 0 Å². The summed E-state index contributed by atoms with van der Waals surface area (Å²) in [6, 6.07) is 9.89. The first-order valence-corrected chi connectivity index (χ1v) is 7.10. The van der Waals surface area contributed by atoms with Crippen LogP contribution in [0.25, 0.3) is 5.69 Å². The van der Waals surface area contributed by atoms with E-state index in [2.05, 4.69) is 15.5 Å². The molecule has 1 fully saturated rings. The Morgan fingerprint density at radius 1 is 1.25 bits per heavy atom. The summed E-state index contributed by atoms with van der Waals surface area (Å²) in [5, 5.41) is 21.2. The van der Waals surface area contributed by atoms with Crippen LogP contribution in [0.15, 0.2) is 36.5 Å². The van der Waals surface area contributed by atoms with Crippen LogP contribution in [0.1, 0.15) is 25.0 Å². The summed E-state index contributed by atoms with van der Waals surface area (Å²) >= 11 is 0. The van der Waals surface area contributed by atoms with Gasteiger partial charge in [0.1, 0.15) is 0 Å². The smallest absolute Gasteiger partial charge is 0.0969 e. The highest BCUT2D eigenvalue weighted by molar-refractivity contribution is 5.28. The van der Waals surface area contributed by atoms with Crippen LogP contribution >= 0.6 is 0 Å². The number of rotatable bonds is 7. The van der Waals surface area contributed by atoms with Crippen LogP contribution in [0, 0.1) is 5.41 Å². The first-order chi connectivity index (χ1) is 9.81. The molecule has 0 bridgehead atoms. The van der Waals surface area contributed by atoms with Gasteiger partial charge in [-0.2, -0.15) is 15.0 Å². The van der Waals surface area contributed by atoms with Crippen LogP contribution in [-0.2, 0) is 6.54 Å². The Labute approximate surface area is 118 Å². The standard InChI is InChI=1S/C15H20N4O/c20-9-8-15(6-7-15)12-16-10-13-11-17-19(18-13)14-4-2-1-3-5-14/h1-5,11,16,20H,6-10,12H2. The van der Waals surface area contributed by atoms with E-state index >= 15 is 0 Å². The predicted molar refractivity (Wildman–Crippen MR) is 76.4 cm³/mol. The van der Waals surface area contributed by atoms with E-state index in [4.69, 9.17) is 5.11 Å². The number of aliphatic hydroxyl groups excluding tert-OH is 1. The molecule has 0 unspecified atom stereocenters. The molecule has 0 spiro atoms. The fourth-order valence-corrected chi connectivity index (χ4v) is 2.45. The Kier molecular flexibility index (Phi) is 3.80. The maximum absolute atomic E-state index is 9.03. The molecule has 1 saturated carbocycles. The van der Waals surface area contributed by atoms with Crippen LogP contribution < -0.4 is 5.32 Å². The van der Waals surface area contributed by atoms with E-state index in [-0.39, 0.29) is 6.61 Å². The van der Waals surface area contributed by atoms with Crippen LogP contribution in [0.4, 0.5) is 0 Å². The Balaban J connectivity index is 1.53. The zero-order valence-corrected chi connectivity index (χ0v) is 11.5. The topological polar surface area (TPSA) is 63.0 Å². The van der Waals surface area contributed by atoms with Crippen molar-refractivity contribution in [2.45, 2.75) is 25.8 Å². The number of nitrogens with one attached hydrogen (secondary N) is 1. The summed E-state index contributed by atoms with van der Waals surface area (Å²) in [4.78, 5) is 1.65. The number of hydrogen-bond acceptors (Lipinski definition) is 4. The van der Waals surface area contributed by atoms with Gasteiger partial charge in [0.2, 0.25) is 0 Å². The van der Waals surface area contributed by atoms with Gasteiger partial charge in [-0.25, -0.2) is 0 Å². The van der Waals surface area contributed by atoms with E-state index in [1.54, 1.807) is 11.0 Å². The van der Waals surface area contributed by atoms with Crippen molar-refractivity contribution in [1.82, 2.24) is 20.3 Å². The van der Waals surface area contributed by atoms with Crippen molar-refractivity contribution < 1.29 is 5.11 Å². The molecule has 0 amide bonds. The molecule has 1 aromatic carbocycles. The molecular weight excluding hydrogens is 252 g/mol. The Hall–Kier alpha value is -1.72. The summed E-state index contributed by atoms with van der Waals surface area (Å²) in [6.07, 6.45) is 5.14. The van der Waals surface area contributed by atoms with Crippen molar-refractivity contribution in [3.63, 3.8) is 0 Å². The molecule has 106 valence electrons. The fourth-order valence-electron chi connectivity index (χ4n) is 2.45. The highest BCUT2D eigenvalue weighted by atomic mass is 16.3. The van der Waals surface area contributed by atoms with Gasteiger partial charge in [0.15, 0.2) is 0 Å². The van der Waals surface area contributed by atoms with Gasteiger partial charge < -0.3 is 10.4 Å². The van der Waals surface area contributed by atoms with Crippen molar-refractivity contribution >= 4 is 0 Å². The van der Waals surface area contributed by atoms with E-state index in [1.165, 1.54) is 12.8 Å². The van der Waals surface area contributed by atoms with E-state index in [0.717, 1.165) is 30.9 Å². The molecule has 5 heteroatoms. The summed E-state index contributed by atoms with van der Waals surface area (Å²) in [6.45, 7) is 1.96. The molecule has 1 heterocycles. The lowest BCUT2D eigenvalue weighted by atomic mass is 10.0. The fraction of sp³-hybridized carbons (Fsp3) is 0.467. The SMILES string of the molecule is OCCC1(CNCc2cnn(-c3ccccc3)n2)CC1. The molecule has 5 nitrogen and oxygen atoms in total. The normalized spacial score (nSPS) is 16.2. The molecule has 3 rings (SSSR count). The second kappa shape index (κ2) is 5.73. The van der Waals surface area contributed by atoms with Gasteiger partial charge in [0.05, 0.1) is 17.6 Å². The van der Waals surface area contributed by atoms with Gasteiger partial charge >= 0.3 is 0 Å². The van der Waals surface area contributed by atoms with Crippen LogP contribution in [0.5, 0.6) is 0 Å². The van der Waals surface area contributed by atoms with Crippen LogP contribution in [0.2, 0.25) is 0 Å². The van der Waals surface area contributed by atoms with Gasteiger partial charge in [-0.1, -0.05) is 18.2 Å². The third kappa shape index (κ3) is 3.05. The summed E-state index contributed by atoms with van der Waals surface area (Å²) < 4.78 is 0. The van der Waals surface area contributed by atoms with Crippen molar-refractivity contribution in [3.8, 4) is 5.69 Å². The van der Waals surface area contributed by atoms with Crippen LogP contribution in [0.3, 0.4) is 0 Å². The number of nitrogens with zero attached hydrogens (tertiary/aromatic N) is 3. The van der Waals surface area contributed by atoms with E-state index in [9.17, 15) is 0 Å². The minimum Gasteiger partial charge on any atom is -0.396 e. The van der Waals surface area contributed by atoms with Gasteiger partial charge in [0.25, 0.3) is 0 Å². The van der Waals surface area contributed by atoms with Gasteiger partial charge in [-0.05, 0) is 36.8 Å². The molecule has 0 aliphatic heterocycles. The quantitative estimate of drug-likeness (QED) is 0.802. The Bertz CT molecular complexity index is 548. The molecule has 20 heavy (non-hydrogen) atoms. The number of aliphatic hydroxyl groups is 1. The molecule has 0 atom stereocenters. The lowest BCUT2D eigenvalue weighted by Crippen LogP contribution is -2.24. The molecule has 0 saturated heterocycles. The average Bonchev–Trinajstić information content (AvgIpc) is 3.07. The molecule has 2 aromatic rings. The highest BCUT2D eigenvalue weighted by Crippen LogP contribution is 2.47. The third-order valence-corrected chi connectivity index (χ3v) is 3.93. The molecular formula is C15H20N4O. The molecule has 0 radical (unpaired) electrons. The minimum atomic E-state index is 0.284. The van der Waals surface area contributed by atoms with E-state index in [0.29, 0.717) is 5.41 Å². The van der Waals surface area contributed by atoms with E-state index in [1.807, 2.05) is 30.3 Å². The molecule has 1 aromatic heterocycles. The van der Waals surface area contributed by atoms with Crippen molar-refractivity contribution in [3.05, 3.63) is 42.2 Å². The van der Waals surface area contributed by atoms with Crippen molar-refractivity contribution in [2.75, 3.05) is 13.2 Å². The first-order valence-electron chi connectivity index (χ1n) is 7.10. The molecule has 2 N–H and O–H groups in total. The molecule has 1 aliphatic rings. The van der Waals surface area contributed by atoms with E-state index < -0.39 is 0 Å². The van der Waals surface area contributed by atoms with Crippen molar-refractivity contribution in [2.24, 2.45) is 5.41 Å². The largest absolute Gasteiger partial charge is 0.396 e. The minimum absolute atomic E-state index is 0.284. The summed E-state index contributed by atoms with van der Waals surface area (Å²) in [7, 11) is 0. The third-order valence-electron chi connectivity index (χ3n) is 3.93. The van der Waals surface area contributed by atoms with Gasteiger partial charge in [-0.15, -0.1) is 0 Å². The highest BCUT2D eigenvalue weighted by Gasteiger charge is 2.41. The number of hydrogen-bond donors (Lipinski definition) is 2. The zero-order valence-electron chi connectivity index (χ0n) is 11.5. The number of para-hydroxylation sites is 1. The summed E-state index contributed by atoms with van der Waals surface area (Å²) in [5.41, 5.74) is 2.25. The Morgan fingerprint density at radius 3 is 2.75 bits per heavy atom. The molecule has 1 aliphatic carbocycles.